The van der Waals surface area contributed by atoms with Crippen molar-refractivity contribution in [2.45, 2.75) is 43.9 Å². The Morgan fingerprint density at radius 2 is 2.35 bits per heavy atom. The van der Waals surface area contributed by atoms with E-state index in [1.54, 1.807) is 0 Å². The van der Waals surface area contributed by atoms with Crippen LogP contribution in [0.4, 0.5) is 0 Å². The van der Waals surface area contributed by atoms with Crippen LogP contribution in [0.3, 0.4) is 0 Å². The molecule has 110 valence electrons. The molecule has 0 spiro atoms. The highest BCUT2D eigenvalue weighted by Crippen LogP contribution is 2.23. The molecule has 0 bridgehead atoms. The SMILES string of the molecule is O=C(N[C@H]1CCO[C@H](CO)[C@H]1O)c1n[nH]c2c1CCC2. The third-order valence-corrected chi connectivity index (χ3v) is 4.07. The van der Waals surface area contributed by atoms with Gasteiger partial charge in [-0.1, -0.05) is 0 Å². The van der Waals surface area contributed by atoms with Crippen LogP contribution in [0.2, 0.25) is 0 Å². The molecule has 3 atom stereocenters. The lowest BCUT2D eigenvalue weighted by atomic mass is 9.99. The number of aliphatic hydroxyl groups excluding tert-OH is 2. The third kappa shape index (κ3) is 2.32. The van der Waals surface area contributed by atoms with Crippen molar-refractivity contribution in [1.82, 2.24) is 15.5 Å². The topological polar surface area (TPSA) is 107 Å². The molecule has 4 N–H and O–H groups in total. The molecule has 3 rings (SSSR count). The van der Waals surface area contributed by atoms with Gasteiger partial charge in [0.25, 0.3) is 5.91 Å². The average molecular weight is 281 g/mol. The molecule has 20 heavy (non-hydrogen) atoms. The van der Waals surface area contributed by atoms with E-state index in [-0.39, 0.29) is 12.5 Å². The Bertz CT molecular complexity index is 502. The molecule has 0 radical (unpaired) electrons. The Labute approximate surface area is 116 Å². The van der Waals surface area contributed by atoms with Crippen molar-refractivity contribution in [3.8, 4) is 0 Å². The lowest BCUT2D eigenvalue weighted by Crippen LogP contribution is -2.54. The molecule has 1 saturated heterocycles. The number of aromatic amines is 1. The van der Waals surface area contributed by atoms with E-state index in [4.69, 9.17) is 9.84 Å². The monoisotopic (exact) mass is 281 g/mol. The summed E-state index contributed by atoms with van der Waals surface area (Å²) in [5.74, 6) is -0.271. The van der Waals surface area contributed by atoms with Crippen LogP contribution in [-0.2, 0) is 17.6 Å². The lowest BCUT2D eigenvalue weighted by Gasteiger charge is -2.34. The molecule has 2 aliphatic rings. The molecule has 1 aliphatic carbocycles. The number of hydrogen-bond donors (Lipinski definition) is 4. The van der Waals surface area contributed by atoms with Crippen LogP contribution >= 0.6 is 0 Å². The summed E-state index contributed by atoms with van der Waals surface area (Å²) in [6.45, 7) is 0.150. The number of nitrogens with zero attached hydrogens (tertiary/aromatic N) is 1. The fourth-order valence-corrected chi connectivity index (χ4v) is 2.94. The van der Waals surface area contributed by atoms with Gasteiger partial charge in [0.15, 0.2) is 5.69 Å². The second-order valence-corrected chi connectivity index (χ2v) is 5.33. The van der Waals surface area contributed by atoms with Crippen LogP contribution in [0.1, 0.15) is 34.6 Å². The van der Waals surface area contributed by atoms with Crippen LogP contribution in [0.15, 0.2) is 0 Å². The van der Waals surface area contributed by atoms with Gasteiger partial charge in [-0.3, -0.25) is 9.89 Å². The Morgan fingerprint density at radius 3 is 3.15 bits per heavy atom. The molecule has 0 unspecified atom stereocenters. The zero-order valence-electron chi connectivity index (χ0n) is 11.1. The first-order chi connectivity index (χ1) is 9.70. The standard InChI is InChI=1S/C13H19N3O4/c17-6-10-12(18)9(4-5-20-10)14-13(19)11-7-2-1-3-8(7)15-16-11/h9-10,12,17-18H,1-6H2,(H,14,19)(H,15,16)/t9-,10+,12-/m0/s1. The third-order valence-electron chi connectivity index (χ3n) is 4.07. The van der Waals surface area contributed by atoms with Crippen LogP contribution in [-0.4, -0.2) is 57.8 Å². The summed E-state index contributed by atoms with van der Waals surface area (Å²) in [5.41, 5.74) is 2.45. The first-order valence-electron chi connectivity index (χ1n) is 6.98. The maximum absolute atomic E-state index is 12.3. The second-order valence-electron chi connectivity index (χ2n) is 5.33. The molecule has 1 aromatic heterocycles. The fraction of sp³-hybridized carbons (Fsp3) is 0.692. The summed E-state index contributed by atoms with van der Waals surface area (Å²) in [6, 6.07) is -0.415. The summed E-state index contributed by atoms with van der Waals surface area (Å²) in [4.78, 5) is 12.3. The first-order valence-corrected chi connectivity index (χ1v) is 6.98. The van der Waals surface area contributed by atoms with Gasteiger partial charge in [-0.2, -0.15) is 5.10 Å². The van der Waals surface area contributed by atoms with E-state index >= 15 is 0 Å². The fourth-order valence-electron chi connectivity index (χ4n) is 2.94. The van der Waals surface area contributed by atoms with Crippen molar-refractivity contribution in [3.63, 3.8) is 0 Å². The Balaban J connectivity index is 1.69. The summed E-state index contributed by atoms with van der Waals surface area (Å²) in [7, 11) is 0. The second kappa shape index (κ2) is 5.51. The first kappa shape index (κ1) is 13.5. The predicted octanol–water partition coefficient (Wildman–Crippen LogP) is -0.861. The molecule has 0 saturated carbocycles. The molecular formula is C13H19N3O4. The maximum Gasteiger partial charge on any atom is 0.272 e. The van der Waals surface area contributed by atoms with E-state index in [1.165, 1.54) is 0 Å². The quantitative estimate of drug-likeness (QED) is 0.576. The zero-order valence-corrected chi connectivity index (χ0v) is 11.1. The van der Waals surface area contributed by atoms with E-state index in [9.17, 15) is 9.90 Å². The van der Waals surface area contributed by atoms with Gasteiger partial charge >= 0.3 is 0 Å². The largest absolute Gasteiger partial charge is 0.394 e. The molecule has 7 heteroatoms. The van der Waals surface area contributed by atoms with E-state index in [2.05, 4.69) is 15.5 Å². The number of nitrogens with one attached hydrogen (secondary N) is 2. The van der Waals surface area contributed by atoms with Crippen LogP contribution in [0.5, 0.6) is 0 Å². The van der Waals surface area contributed by atoms with E-state index in [0.717, 1.165) is 30.5 Å². The number of hydrogen-bond acceptors (Lipinski definition) is 5. The molecule has 0 aromatic carbocycles. The number of carbonyl (C=O) groups excluding carboxylic acids is 1. The summed E-state index contributed by atoms with van der Waals surface area (Å²) < 4.78 is 5.24. The van der Waals surface area contributed by atoms with Gasteiger partial charge in [0, 0.05) is 17.9 Å². The number of aryl methyl sites for hydroxylation is 1. The molecule has 1 aromatic rings. The highest BCUT2D eigenvalue weighted by atomic mass is 16.5. The van der Waals surface area contributed by atoms with Gasteiger partial charge < -0.3 is 20.3 Å². The Kier molecular flexibility index (Phi) is 3.73. The lowest BCUT2D eigenvalue weighted by molar-refractivity contribution is -0.107. The van der Waals surface area contributed by atoms with Crippen molar-refractivity contribution in [2.24, 2.45) is 0 Å². The summed E-state index contributed by atoms with van der Waals surface area (Å²) in [5, 5.41) is 28.9. The predicted molar refractivity (Wildman–Crippen MR) is 69.3 cm³/mol. The van der Waals surface area contributed by atoms with E-state index in [1.807, 2.05) is 0 Å². The van der Waals surface area contributed by atoms with Crippen molar-refractivity contribution < 1.29 is 19.7 Å². The number of rotatable bonds is 3. The van der Waals surface area contributed by atoms with Crippen LogP contribution < -0.4 is 5.32 Å². The summed E-state index contributed by atoms with van der Waals surface area (Å²) in [6.07, 6.45) is 1.82. The van der Waals surface area contributed by atoms with Crippen molar-refractivity contribution in [3.05, 3.63) is 17.0 Å². The minimum Gasteiger partial charge on any atom is -0.394 e. The Morgan fingerprint density at radius 1 is 1.50 bits per heavy atom. The summed E-state index contributed by atoms with van der Waals surface area (Å²) >= 11 is 0. The molecule has 1 aliphatic heterocycles. The molecule has 1 amide bonds. The van der Waals surface area contributed by atoms with Crippen molar-refractivity contribution >= 4 is 5.91 Å². The van der Waals surface area contributed by atoms with Gasteiger partial charge in [0.2, 0.25) is 0 Å². The Hall–Kier alpha value is -1.44. The number of fused-ring (bicyclic) bond motifs is 1. The van der Waals surface area contributed by atoms with Crippen molar-refractivity contribution in [2.75, 3.05) is 13.2 Å². The highest BCUT2D eigenvalue weighted by Gasteiger charge is 2.34. The van der Waals surface area contributed by atoms with Gasteiger partial charge in [-0.05, 0) is 25.7 Å². The van der Waals surface area contributed by atoms with E-state index < -0.39 is 18.2 Å². The minimum atomic E-state index is -0.898. The molecular weight excluding hydrogens is 262 g/mol. The number of aliphatic hydroxyl groups is 2. The number of aromatic nitrogens is 2. The van der Waals surface area contributed by atoms with Crippen LogP contribution in [0.25, 0.3) is 0 Å². The van der Waals surface area contributed by atoms with Gasteiger partial charge in [0.05, 0.1) is 12.6 Å². The maximum atomic E-state index is 12.3. The highest BCUT2D eigenvalue weighted by molar-refractivity contribution is 5.94. The van der Waals surface area contributed by atoms with Gasteiger partial charge in [-0.15, -0.1) is 0 Å². The van der Waals surface area contributed by atoms with Gasteiger partial charge in [0.1, 0.15) is 12.2 Å². The smallest absolute Gasteiger partial charge is 0.272 e. The van der Waals surface area contributed by atoms with Gasteiger partial charge in [-0.25, -0.2) is 0 Å². The average Bonchev–Trinajstić information content (AvgIpc) is 3.03. The zero-order chi connectivity index (χ0) is 14.1. The van der Waals surface area contributed by atoms with Crippen molar-refractivity contribution in [1.29, 1.82) is 0 Å². The number of H-pyrrole nitrogens is 1. The molecule has 2 heterocycles. The normalized spacial score (nSPS) is 29.2. The van der Waals surface area contributed by atoms with Crippen LogP contribution in [0, 0.1) is 0 Å². The number of ether oxygens (including phenoxy) is 1. The molecule has 1 fully saturated rings. The minimum absolute atomic E-state index is 0.259. The number of amides is 1. The van der Waals surface area contributed by atoms with E-state index in [0.29, 0.717) is 18.7 Å². The number of carbonyl (C=O) groups is 1. The molecule has 7 nitrogen and oxygen atoms in total.